The number of nitrogens with two attached hydrogens (primary N) is 4. The molecule has 1 fully saturated rings. The second kappa shape index (κ2) is 7.70. The topological polar surface area (TPSA) is 188 Å². The minimum atomic E-state index is -4.11. The first-order chi connectivity index (χ1) is 12.8. The number of aromatic nitrogens is 1. The molecule has 0 atom stereocenters. The first-order valence-corrected chi connectivity index (χ1v) is 10.3. The van der Waals surface area contributed by atoms with Gasteiger partial charge in [0.15, 0.2) is 5.84 Å². The lowest BCUT2D eigenvalue weighted by atomic mass is 10.00. The number of nitrogen functional groups attached to an aromatic ring is 1. The molecule has 1 saturated heterocycles. The van der Waals surface area contributed by atoms with E-state index in [0.717, 1.165) is 13.1 Å². The summed E-state index contributed by atoms with van der Waals surface area (Å²) in [5, 5.41) is 12.7. The fourth-order valence-electron chi connectivity index (χ4n) is 2.65. The van der Waals surface area contributed by atoms with Crippen LogP contribution in [0.25, 0.3) is 11.1 Å². The molecule has 3 rings (SSSR count). The standard InChI is InChI=1S/C15H20N8O2S2/c16-12-4-1-8(5-21-12)10-2-3-11(26-9-6-20-7-9)14(27(19,24)25)13(10)15(17)22-23-18/h1-5,9,20,23H,6-7,18H2,(H2,16,21)(H2,17,22)(H2,19,24,25). The molecule has 0 radical (unpaired) electrons. The van der Waals surface area contributed by atoms with Gasteiger partial charge in [0.2, 0.25) is 10.0 Å². The lowest BCUT2D eigenvalue weighted by Crippen LogP contribution is -2.44. The van der Waals surface area contributed by atoms with E-state index in [4.69, 9.17) is 22.4 Å². The van der Waals surface area contributed by atoms with E-state index in [0.29, 0.717) is 21.8 Å². The molecular weight excluding hydrogens is 388 g/mol. The van der Waals surface area contributed by atoms with Gasteiger partial charge in [-0.1, -0.05) is 6.07 Å². The van der Waals surface area contributed by atoms with Crippen molar-refractivity contribution in [3.05, 3.63) is 36.0 Å². The third kappa shape index (κ3) is 4.14. The molecule has 1 aliphatic heterocycles. The highest BCUT2D eigenvalue weighted by molar-refractivity contribution is 8.00. The van der Waals surface area contributed by atoms with Crippen molar-refractivity contribution < 1.29 is 8.42 Å². The number of primary sulfonamides is 1. The second-order valence-corrected chi connectivity index (χ2v) is 8.70. The summed E-state index contributed by atoms with van der Waals surface area (Å²) in [5.41, 5.74) is 15.0. The van der Waals surface area contributed by atoms with Crippen LogP contribution in [-0.4, -0.2) is 37.6 Å². The SMILES string of the molecule is NN/N=C(\N)c1c(-c2ccc(N)nc2)ccc(SC2CNC2)c1S(N)(=O)=O. The molecule has 0 amide bonds. The molecule has 2 heterocycles. The van der Waals surface area contributed by atoms with E-state index < -0.39 is 10.0 Å². The van der Waals surface area contributed by atoms with Crippen LogP contribution >= 0.6 is 11.8 Å². The second-order valence-electron chi connectivity index (χ2n) is 5.86. The van der Waals surface area contributed by atoms with Crippen LogP contribution in [0.1, 0.15) is 5.56 Å². The first kappa shape index (κ1) is 19.4. The monoisotopic (exact) mass is 408 g/mol. The van der Waals surface area contributed by atoms with Gasteiger partial charge in [-0.3, -0.25) is 0 Å². The largest absolute Gasteiger partial charge is 0.384 e. The summed E-state index contributed by atoms with van der Waals surface area (Å²) >= 11 is 1.42. The number of thioether (sulfide) groups is 1. The Labute approximate surface area is 160 Å². The zero-order valence-electron chi connectivity index (χ0n) is 14.2. The van der Waals surface area contributed by atoms with E-state index in [9.17, 15) is 8.42 Å². The van der Waals surface area contributed by atoms with Gasteiger partial charge < -0.3 is 16.8 Å². The van der Waals surface area contributed by atoms with E-state index in [2.05, 4.69) is 20.9 Å². The summed E-state index contributed by atoms with van der Waals surface area (Å²) in [7, 11) is -4.11. The predicted octanol–water partition coefficient (Wildman–Crippen LogP) is -0.874. The number of nitrogens with zero attached hydrogens (tertiary/aromatic N) is 2. The molecule has 144 valence electrons. The van der Waals surface area contributed by atoms with Gasteiger partial charge in [-0.25, -0.2) is 29.9 Å². The number of hydrazine groups is 1. The van der Waals surface area contributed by atoms with Crippen molar-refractivity contribution in [2.45, 2.75) is 15.0 Å². The molecule has 2 aromatic rings. The smallest absolute Gasteiger partial charge is 0.239 e. The average molecular weight is 409 g/mol. The van der Waals surface area contributed by atoms with Crippen LogP contribution in [-0.2, 0) is 10.0 Å². The Morgan fingerprint density at radius 3 is 2.56 bits per heavy atom. The van der Waals surface area contributed by atoms with Crippen LogP contribution in [0.3, 0.4) is 0 Å². The van der Waals surface area contributed by atoms with Crippen LogP contribution in [0.2, 0.25) is 0 Å². The summed E-state index contributed by atoms with van der Waals surface area (Å²) in [6.45, 7) is 1.56. The van der Waals surface area contributed by atoms with Crippen molar-refractivity contribution in [1.29, 1.82) is 0 Å². The molecule has 10 nitrogen and oxygen atoms in total. The van der Waals surface area contributed by atoms with Crippen molar-refractivity contribution in [3.63, 3.8) is 0 Å². The van der Waals surface area contributed by atoms with Crippen molar-refractivity contribution in [3.8, 4) is 11.1 Å². The highest BCUT2D eigenvalue weighted by Gasteiger charge is 2.28. The van der Waals surface area contributed by atoms with Gasteiger partial charge in [0.05, 0.1) is 0 Å². The summed E-state index contributed by atoms with van der Waals surface area (Å²) in [4.78, 5) is 4.46. The van der Waals surface area contributed by atoms with E-state index in [1.54, 1.807) is 24.3 Å². The number of sulfonamides is 1. The number of nitrogens with one attached hydrogen (secondary N) is 2. The summed E-state index contributed by atoms with van der Waals surface area (Å²) in [5.74, 6) is 5.47. The van der Waals surface area contributed by atoms with Gasteiger partial charge in [0, 0.05) is 40.6 Å². The van der Waals surface area contributed by atoms with Crippen LogP contribution in [0.5, 0.6) is 0 Å². The zero-order chi connectivity index (χ0) is 19.6. The quantitative estimate of drug-likeness (QED) is 0.153. The molecule has 0 bridgehead atoms. The highest BCUT2D eigenvalue weighted by Crippen LogP contribution is 2.37. The number of hydrogen-bond donors (Lipinski definition) is 6. The lowest BCUT2D eigenvalue weighted by Gasteiger charge is -2.27. The molecule has 10 N–H and O–H groups in total. The van der Waals surface area contributed by atoms with Crippen molar-refractivity contribution in [2.24, 2.45) is 21.8 Å². The van der Waals surface area contributed by atoms with E-state index >= 15 is 0 Å². The molecule has 1 aromatic heterocycles. The fourth-order valence-corrected chi connectivity index (χ4v) is 5.11. The van der Waals surface area contributed by atoms with Crippen LogP contribution in [0, 0.1) is 0 Å². The van der Waals surface area contributed by atoms with Crippen LogP contribution in [0.4, 0.5) is 5.82 Å². The molecule has 0 aliphatic carbocycles. The van der Waals surface area contributed by atoms with Crippen molar-refractivity contribution in [1.82, 2.24) is 15.8 Å². The summed E-state index contributed by atoms with van der Waals surface area (Å²) in [6.07, 6.45) is 1.52. The molecule has 0 spiro atoms. The molecule has 1 aromatic carbocycles. The van der Waals surface area contributed by atoms with Gasteiger partial charge in [-0.15, -0.1) is 16.9 Å². The van der Waals surface area contributed by atoms with Crippen LogP contribution < -0.4 is 33.3 Å². The maximum Gasteiger partial charge on any atom is 0.239 e. The summed E-state index contributed by atoms with van der Waals surface area (Å²) < 4.78 is 24.9. The molecule has 27 heavy (non-hydrogen) atoms. The van der Waals surface area contributed by atoms with Gasteiger partial charge in [0.25, 0.3) is 0 Å². The minimum absolute atomic E-state index is 0.0924. The van der Waals surface area contributed by atoms with Crippen LogP contribution in [0.15, 0.2) is 45.4 Å². The molecule has 0 unspecified atom stereocenters. The van der Waals surface area contributed by atoms with Gasteiger partial charge in [0.1, 0.15) is 10.7 Å². The Morgan fingerprint density at radius 2 is 2.04 bits per heavy atom. The highest BCUT2D eigenvalue weighted by atomic mass is 32.2. The third-order valence-electron chi connectivity index (χ3n) is 3.98. The fraction of sp³-hybridized carbons (Fsp3) is 0.200. The number of hydrazone groups is 1. The first-order valence-electron chi connectivity index (χ1n) is 7.89. The van der Waals surface area contributed by atoms with Gasteiger partial charge in [-0.2, -0.15) is 0 Å². The Balaban J connectivity index is 2.27. The maximum absolute atomic E-state index is 12.5. The number of anilines is 1. The Hall–Kier alpha value is -2.38. The van der Waals surface area contributed by atoms with E-state index in [1.165, 1.54) is 18.0 Å². The molecule has 0 saturated carbocycles. The Bertz CT molecular complexity index is 972. The number of benzene rings is 1. The molecule has 1 aliphatic rings. The lowest BCUT2D eigenvalue weighted by molar-refractivity contribution is 0.543. The van der Waals surface area contributed by atoms with Gasteiger partial charge >= 0.3 is 0 Å². The normalized spacial score (nSPS) is 15.4. The summed E-state index contributed by atoms with van der Waals surface area (Å²) in [6, 6.07) is 6.78. The Kier molecular flexibility index (Phi) is 5.53. The van der Waals surface area contributed by atoms with E-state index in [-0.39, 0.29) is 21.5 Å². The third-order valence-corrected chi connectivity index (χ3v) is 6.37. The maximum atomic E-state index is 12.5. The van der Waals surface area contributed by atoms with Crippen molar-refractivity contribution in [2.75, 3.05) is 18.8 Å². The average Bonchev–Trinajstić information content (AvgIpc) is 2.57. The van der Waals surface area contributed by atoms with Gasteiger partial charge in [-0.05, 0) is 23.8 Å². The predicted molar refractivity (Wildman–Crippen MR) is 106 cm³/mol. The molecular formula is C15H20N8O2S2. The molecule has 12 heteroatoms. The Morgan fingerprint density at radius 1 is 1.30 bits per heavy atom. The number of hydrogen-bond acceptors (Lipinski definition) is 9. The minimum Gasteiger partial charge on any atom is -0.384 e. The number of pyridine rings is 1. The number of amidine groups is 1. The van der Waals surface area contributed by atoms with E-state index in [1.807, 2.05) is 0 Å². The van der Waals surface area contributed by atoms with Crippen molar-refractivity contribution >= 4 is 33.4 Å². The zero-order valence-corrected chi connectivity index (χ0v) is 15.8. The number of rotatable bonds is 6.